The van der Waals surface area contributed by atoms with Crippen molar-refractivity contribution in [1.82, 2.24) is 5.43 Å². The number of amides is 1. The molecule has 138 valence electrons. The van der Waals surface area contributed by atoms with Crippen LogP contribution in [0.4, 0.5) is 0 Å². The molecule has 8 heteroatoms. The summed E-state index contributed by atoms with van der Waals surface area (Å²) in [7, 11) is 4.49. The van der Waals surface area contributed by atoms with Crippen LogP contribution < -0.4 is 19.6 Å². The maximum Gasteiger partial charge on any atom is 0.244 e. The number of carbonyl (C=O) groups excluding carboxylic acids is 1. The van der Waals surface area contributed by atoms with E-state index in [9.17, 15) is 9.90 Å². The van der Waals surface area contributed by atoms with Gasteiger partial charge in [0.25, 0.3) is 0 Å². The normalized spacial score (nSPS) is 10.6. The predicted octanol–water partition coefficient (Wildman–Crippen LogP) is 2.76. The van der Waals surface area contributed by atoms with Crippen molar-refractivity contribution in [3.63, 3.8) is 0 Å². The zero-order valence-corrected chi connectivity index (χ0v) is 15.3. The fraction of sp³-hybridized carbons (Fsp3) is 0.222. The summed E-state index contributed by atoms with van der Waals surface area (Å²) in [5, 5.41) is 13.7. The number of benzene rings is 2. The van der Waals surface area contributed by atoms with Gasteiger partial charge in [0.1, 0.15) is 0 Å². The van der Waals surface area contributed by atoms with Crippen molar-refractivity contribution in [2.45, 2.75) is 6.42 Å². The van der Waals surface area contributed by atoms with Crippen molar-refractivity contribution in [2.24, 2.45) is 5.10 Å². The van der Waals surface area contributed by atoms with E-state index in [-0.39, 0.29) is 28.8 Å². The lowest BCUT2D eigenvalue weighted by Gasteiger charge is -2.09. The molecule has 0 bridgehead atoms. The van der Waals surface area contributed by atoms with E-state index in [0.717, 1.165) is 5.56 Å². The standard InChI is InChI=1S/C18H19ClN2O5/c1-24-14-5-4-11(7-15(14)25-2)9-17(22)21-20-10-12-6-13(19)18(23)16(8-12)26-3/h4-8,10,23H,9H2,1-3H3,(H,21,22)/b20-10-. The van der Waals surface area contributed by atoms with Crippen LogP contribution in [0.15, 0.2) is 35.4 Å². The number of ether oxygens (including phenoxy) is 3. The highest BCUT2D eigenvalue weighted by atomic mass is 35.5. The van der Waals surface area contributed by atoms with Crippen LogP contribution >= 0.6 is 11.6 Å². The highest BCUT2D eigenvalue weighted by Crippen LogP contribution is 2.34. The van der Waals surface area contributed by atoms with Gasteiger partial charge in [-0.25, -0.2) is 5.43 Å². The second-order valence-electron chi connectivity index (χ2n) is 5.21. The number of nitrogens with one attached hydrogen (secondary N) is 1. The number of carbonyl (C=O) groups is 1. The topological polar surface area (TPSA) is 89.4 Å². The van der Waals surface area contributed by atoms with Gasteiger partial charge >= 0.3 is 0 Å². The molecule has 0 saturated heterocycles. The molecule has 0 aromatic heterocycles. The van der Waals surface area contributed by atoms with Crippen LogP contribution in [0.25, 0.3) is 0 Å². The van der Waals surface area contributed by atoms with Crippen molar-refractivity contribution in [3.05, 3.63) is 46.5 Å². The minimum Gasteiger partial charge on any atom is -0.503 e. The minimum absolute atomic E-state index is 0.122. The van der Waals surface area contributed by atoms with E-state index in [1.807, 2.05) is 0 Å². The molecular formula is C18H19ClN2O5. The molecule has 26 heavy (non-hydrogen) atoms. The second kappa shape index (κ2) is 8.96. The van der Waals surface area contributed by atoms with Crippen molar-refractivity contribution in [1.29, 1.82) is 0 Å². The molecule has 0 spiro atoms. The molecule has 2 rings (SSSR count). The summed E-state index contributed by atoms with van der Waals surface area (Å²) >= 11 is 5.90. The lowest BCUT2D eigenvalue weighted by molar-refractivity contribution is -0.120. The number of halogens is 1. The number of rotatable bonds is 7. The van der Waals surface area contributed by atoms with E-state index in [2.05, 4.69) is 10.5 Å². The SMILES string of the molecule is COc1ccc(CC(=O)N/N=C\c2cc(Cl)c(O)c(OC)c2)cc1OC. The Bertz CT molecular complexity index is 823. The Morgan fingerprint density at radius 2 is 1.81 bits per heavy atom. The fourth-order valence-corrected chi connectivity index (χ4v) is 2.44. The molecule has 2 aromatic rings. The third kappa shape index (κ3) is 4.80. The highest BCUT2D eigenvalue weighted by molar-refractivity contribution is 6.32. The first kappa shape index (κ1) is 19.4. The Morgan fingerprint density at radius 3 is 2.46 bits per heavy atom. The maximum atomic E-state index is 12.0. The lowest BCUT2D eigenvalue weighted by Crippen LogP contribution is -2.19. The van der Waals surface area contributed by atoms with Crippen LogP contribution in [-0.4, -0.2) is 38.6 Å². The van der Waals surface area contributed by atoms with Crippen molar-refractivity contribution >= 4 is 23.7 Å². The van der Waals surface area contributed by atoms with Crippen molar-refractivity contribution in [3.8, 4) is 23.0 Å². The van der Waals surface area contributed by atoms with Crippen LogP contribution in [0, 0.1) is 0 Å². The molecule has 0 aliphatic rings. The van der Waals surface area contributed by atoms with Gasteiger partial charge in [-0.15, -0.1) is 0 Å². The Balaban J connectivity index is 2.01. The van der Waals surface area contributed by atoms with Gasteiger partial charge in [0.05, 0.1) is 39.0 Å². The first-order valence-electron chi connectivity index (χ1n) is 7.57. The molecule has 0 atom stereocenters. The summed E-state index contributed by atoms with van der Waals surface area (Å²) in [5.74, 6) is 0.907. The van der Waals surface area contributed by atoms with E-state index in [0.29, 0.717) is 17.1 Å². The smallest absolute Gasteiger partial charge is 0.244 e. The quantitative estimate of drug-likeness (QED) is 0.571. The summed E-state index contributed by atoms with van der Waals surface area (Å²) in [6, 6.07) is 8.28. The highest BCUT2D eigenvalue weighted by Gasteiger charge is 2.09. The van der Waals surface area contributed by atoms with E-state index < -0.39 is 0 Å². The lowest BCUT2D eigenvalue weighted by atomic mass is 10.1. The van der Waals surface area contributed by atoms with E-state index in [4.69, 9.17) is 25.8 Å². The van der Waals surface area contributed by atoms with E-state index >= 15 is 0 Å². The summed E-state index contributed by atoms with van der Waals surface area (Å²) in [6.45, 7) is 0. The molecule has 0 aliphatic carbocycles. The zero-order chi connectivity index (χ0) is 19.1. The molecule has 7 nitrogen and oxygen atoms in total. The molecule has 0 heterocycles. The molecule has 2 aromatic carbocycles. The molecule has 0 unspecified atom stereocenters. The van der Waals surface area contributed by atoms with Crippen molar-refractivity contribution < 1.29 is 24.1 Å². The number of phenolic OH excluding ortho intramolecular Hbond substituents is 1. The Morgan fingerprint density at radius 1 is 1.12 bits per heavy atom. The minimum atomic E-state index is -0.301. The monoisotopic (exact) mass is 378 g/mol. The number of nitrogens with zero attached hydrogens (tertiary/aromatic N) is 1. The molecule has 0 radical (unpaired) electrons. The average molecular weight is 379 g/mol. The van der Waals surface area contributed by atoms with Gasteiger partial charge < -0.3 is 19.3 Å². The number of hydrogen-bond donors (Lipinski definition) is 2. The summed E-state index contributed by atoms with van der Waals surface area (Å²) < 4.78 is 15.4. The summed E-state index contributed by atoms with van der Waals surface area (Å²) in [5.41, 5.74) is 3.75. The zero-order valence-electron chi connectivity index (χ0n) is 14.6. The van der Waals surface area contributed by atoms with Crippen LogP contribution in [0.1, 0.15) is 11.1 Å². The van der Waals surface area contributed by atoms with Gasteiger partial charge in [-0.2, -0.15) is 5.10 Å². The van der Waals surface area contributed by atoms with Gasteiger partial charge in [-0.3, -0.25) is 4.79 Å². The molecule has 0 fully saturated rings. The Labute approximate surface area is 156 Å². The molecule has 0 aliphatic heterocycles. The number of aromatic hydroxyl groups is 1. The second-order valence-corrected chi connectivity index (χ2v) is 5.62. The average Bonchev–Trinajstić information content (AvgIpc) is 2.64. The van der Waals surface area contributed by atoms with Gasteiger partial charge in [0, 0.05) is 0 Å². The number of methoxy groups -OCH3 is 3. The van der Waals surface area contributed by atoms with Crippen molar-refractivity contribution in [2.75, 3.05) is 21.3 Å². The summed E-state index contributed by atoms with van der Waals surface area (Å²) in [6.07, 6.45) is 1.53. The van der Waals surface area contributed by atoms with Gasteiger partial charge in [-0.1, -0.05) is 17.7 Å². The van der Waals surface area contributed by atoms with Crippen LogP contribution in [0.5, 0.6) is 23.0 Å². The largest absolute Gasteiger partial charge is 0.503 e. The Hall–Kier alpha value is -2.93. The van der Waals surface area contributed by atoms with Gasteiger partial charge in [0.15, 0.2) is 23.0 Å². The molecule has 2 N–H and O–H groups in total. The van der Waals surface area contributed by atoms with Crippen LogP contribution in [0.3, 0.4) is 0 Å². The number of hydrogen-bond acceptors (Lipinski definition) is 6. The molecule has 1 amide bonds. The Kier molecular flexibility index (Phi) is 6.68. The molecular weight excluding hydrogens is 360 g/mol. The maximum absolute atomic E-state index is 12.0. The summed E-state index contributed by atoms with van der Waals surface area (Å²) in [4.78, 5) is 12.0. The molecule has 0 saturated carbocycles. The third-order valence-corrected chi connectivity index (χ3v) is 3.77. The third-order valence-electron chi connectivity index (χ3n) is 3.49. The first-order valence-corrected chi connectivity index (χ1v) is 7.95. The number of phenols is 1. The van der Waals surface area contributed by atoms with E-state index in [1.54, 1.807) is 31.4 Å². The van der Waals surface area contributed by atoms with Crippen LogP contribution in [-0.2, 0) is 11.2 Å². The van der Waals surface area contributed by atoms with Gasteiger partial charge in [0.2, 0.25) is 5.91 Å². The fourth-order valence-electron chi connectivity index (χ4n) is 2.22. The number of hydrazone groups is 1. The predicted molar refractivity (Wildman–Crippen MR) is 98.7 cm³/mol. The van der Waals surface area contributed by atoms with E-state index in [1.165, 1.54) is 26.5 Å². The first-order chi connectivity index (χ1) is 12.5. The van der Waals surface area contributed by atoms with Crippen LogP contribution in [0.2, 0.25) is 5.02 Å². The van der Waals surface area contributed by atoms with Gasteiger partial charge in [-0.05, 0) is 35.4 Å².